The second kappa shape index (κ2) is 5.05. The van der Waals surface area contributed by atoms with Gasteiger partial charge in [0.05, 0.1) is 4.88 Å². The molecule has 0 aliphatic carbocycles. The van der Waals surface area contributed by atoms with E-state index in [1.807, 2.05) is 24.6 Å². The smallest absolute Gasteiger partial charge is 0.254 e. The molecule has 0 saturated carbocycles. The Morgan fingerprint density at radius 1 is 1.56 bits per heavy atom. The maximum Gasteiger partial charge on any atom is 0.254 e. The van der Waals surface area contributed by atoms with Gasteiger partial charge in [-0.15, -0.1) is 11.3 Å². The van der Waals surface area contributed by atoms with Crippen molar-refractivity contribution in [1.82, 2.24) is 15.3 Å². The predicted molar refractivity (Wildman–Crippen MR) is 65.8 cm³/mol. The zero-order chi connectivity index (χ0) is 11.4. The fourth-order valence-electron chi connectivity index (χ4n) is 1.40. The molecule has 0 atom stereocenters. The lowest BCUT2D eigenvalue weighted by molar-refractivity contribution is 0.781. The van der Waals surface area contributed by atoms with Gasteiger partial charge in [-0.25, -0.2) is 4.98 Å². The SMILES string of the molecule is CNCCc1cnc(-c2cccs2)[nH]c1=O. The lowest BCUT2D eigenvalue weighted by Crippen LogP contribution is -2.19. The van der Waals surface area contributed by atoms with Crippen LogP contribution in [-0.2, 0) is 6.42 Å². The standard InChI is InChI=1S/C11H13N3OS/c1-12-5-4-8-7-13-10(14-11(8)15)9-3-2-6-16-9/h2-3,6-7,12H,4-5H2,1H3,(H,13,14,15). The molecule has 0 aliphatic heterocycles. The van der Waals surface area contributed by atoms with Crippen LogP contribution in [0.15, 0.2) is 28.5 Å². The molecule has 0 amide bonds. The minimum atomic E-state index is -0.0475. The van der Waals surface area contributed by atoms with E-state index in [1.165, 1.54) is 0 Å². The van der Waals surface area contributed by atoms with E-state index in [0.717, 1.165) is 17.0 Å². The number of hydrogen-bond acceptors (Lipinski definition) is 4. The summed E-state index contributed by atoms with van der Waals surface area (Å²) in [6, 6.07) is 3.88. The number of likely N-dealkylation sites (N-methyl/N-ethyl adjacent to an activating group) is 1. The first-order valence-corrected chi connectivity index (χ1v) is 5.96. The highest BCUT2D eigenvalue weighted by Crippen LogP contribution is 2.19. The normalized spacial score (nSPS) is 10.6. The Kier molecular flexibility index (Phi) is 3.48. The van der Waals surface area contributed by atoms with Crippen LogP contribution in [0, 0.1) is 0 Å². The van der Waals surface area contributed by atoms with Crippen LogP contribution in [0.1, 0.15) is 5.56 Å². The van der Waals surface area contributed by atoms with Gasteiger partial charge in [0.2, 0.25) is 0 Å². The number of nitrogens with one attached hydrogen (secondary N) is 2. The fourth-order valence-corrected chi connectivity index (χ4v) is 2.07. The maximum atomic E-state index is 11.7. The Balaban J connectivity index is 2.26. The number of nitrogens with zero attached hydrogens (tertiary/aromatic N) is 1. The fraction of sp³-hybridized carbons (Fsp3) is 0.273. The lowest BCUT2D eigenvalue weighted by Gasteiger charge is -2.01. The summed E-state index contributed by atoms with van der Waals surface area (Å²) >= 11 is 1.56. The monoisotopic (exact) mass is 235 g/mol. The molecule has 2 rings (SSSR count). The summed E-state index contributed by atoms with van der Waals surface area (Å²) in [5.74, 6) is 0.646. The van der Waals surface area contributed by atoms with Crippen molar-refractivity contribution in [3.05, 3.63) is 39.6 Å². The Morgan fingerprint density at radius 2 is 2.44 bits per heavy atom. The number of rotatable bonds is 4. The summed E-state index contributed by atoms with van der Waals surface area (Å²) in [5.41, 5.74) is 0.670. The first-order valence-electron chi connectivity index (χ1n) is 5.08. The van der Waals surface area contributed by atoms with E-state index >= 15 is 0 Å². The topological polar surface area (TPSA) is 57.8 Å². The third-order valence-electron chi connectivity index (χ3n) is 2.27. The molecule has 0 bridgehead atoms. The molecular formula is C11H13N3OS. The minimum absolute atomic E-state index is 0.0475. The second-order valence-corrected chi connectivity index (χ2v) is 4.36. The minimum Gasteiger partial charge on any atom is -0.319 e. The van der Waals surface area contributed by atoms with Crippen molar-refractivity contribution in [3.63, 3.8) is 0 Å². The van der Waals surface area contributed by atoms with Crippen LogP contribution < -0.4 is 10.9 Å². The van der Waals surface area contributed by atoms with E-state index in [4.69, 9.17) is 0 Å². The van der Waals surface area contributed by atoms with Gasteiger partial charge in [0.25, 0.3) is 5.56 Å². The quantitative estimate of drug-likeness (QED) is 0.838. The Morgan fingerprint density at radius 3 is 3.06 bits per heavy atom. The molecule has 2 aromatic heterocycles. The summed E-state index contributed by atoms with van der Waals surface area (Å²) in [6.45, 7) is 0.781. The van der Waals surface area contributed by atoms with Crippen molar-refractivity contribution in [2.75, 3.05) is 13.6 Å². The van der Waals surface area contributed by atoms with Gasteiger partial charge in [-0.1, -0.05) is 6.07 Å². The molecule has 0 spiro atoms. The van der Waals surface area contributed by atoms with Crippen molar-refractivity contribution in [1.29, 1.82) is 0 Å². The number of aromatic amines is 1. The lowest BCUT2D eigenvalue weighted by atomic mass is 10.2. The van der Waals surface area contributed by atoms with Gasteiger partial charge in [-0.05, 0) is 31.5 Å². The van der Waals surface area contributed by atoms with E-state index in [2.05, 4.69) is 15.3 Å². The average Bonchev–Trinajstić information content (AvgIpc) is 2.81. The Hall–Kier alpha value is -1.46. The highest BCUT2D eigenvalue weighted by molar-refractivity contribution is 7.13. The molecule has 2 heterocycles. The molecule has 5 heteroatoms. The molecule has 16 heavy (non-hydrogen) atoms. The number of aromatic nitrogens is 2. The molecule has 2 aromatic rings. The molecule has 0 aliphatic rings. The van der Waals surface area contributed by atoms with Crippen LogP contribution in [0.2, 0.25) is 0 Å². The van der Waals surface area contributed by atoms with Crippen LogP contribution >= 0.6 is 11.3 Å². The first-order chi connectivity index (χ1) is 7.81. The van der Waals surface area contributed by atoms with Crippen LogP contribution in [0.25, 0.3) is 10.7 Å². The van der Waals surface area contributed by atoms with Crippen molar-refractivity contribution in [2.45, 2.75) is 6.42 Å². The van der Waals surface area contributed by atoms with Gasteiger partial charge in [0.1, 0.15) is 5.82 Å². The van der Waals surface area contributed by atoms with E-state index in [0.29, 0.717) is 12.2 Å². The molecule has 0 fully saturated rings. The summed E-state index contributed by atoms with van der Waals surface area (Å²) in [4.78, 5) is 19.8. The van der Waals surface area contributed by atoms with E-state index in [-0.39, 0.29) is 5.56 Å². The van der Waals surface area contributed by atoms with Gasteiger partial charge < -0.3 is 10.3 Å². The van der Waals surface area contributed by atoms with Crippen molar-refractivity contribution < 1.29 is 0 Å². The third kappa shape index (κ3) is 2.37. The summed E-state index contributed by atoms with van der Waals surface area (Å²) in [7, 11) is 1.86. The summed E-state index contributed by atoms with van der Waals surface area (Å²) < 4.78 is 0. The van der Waals surface area contributed by atoms with Crippen LogP contribution in [0.3, 0.4) is 0 Å². The summed E-state index contributed by atoms with van der Waals surface area (Å²) in [5, 5.41) is 4.97. The average molecular weight is 235 g/mol. The molecular weight excluding hydrogens is 222 g/mol. The third-order valence-corrected chi connectivity index (χ3v) is 3.15. The summed E-state index contributed by atoms with van der Waals surface area (Å²) in [6.07, 6.45) is 2.36. The molecule has 84 valence electrons. The number of H-pyrrole nitrogens is 1. The van der Waals surface area contributed by atoms with E-state index in [9.17, 15) is 4.79 Å². The van der Waals surface area contributed by atoms with Gasteiger partial charge in [0, 0.05) is 11.8 Å². The number of thiophene rings is 1. The van der Waals surface area contributed by atoms with Crippen molar-refractivity contribution in [3.8, 4) is 10.7 Å². The zero-order valence-corrected chi connectivity index (χ0v) is 9.80. The Labute approximate surface area is 97.4 Å². The van der Waals surface area contributed by atoms with Crippen LogP contribution in [0.5, 0.6) is 0 Å². The van der Waals surface area contributed by atoms with Gasteiger partial charge in [0.15, 0.2) is 0 Å². The zero-order valence-electron chi connectivity index (χ0n) is 8.99. The van der Waals surface area contributed by atoms with Gasteiger partial charge in [-0.3, -0.25) is 4.79 Å². The van der Waals surface area contributed by atoms with Gasteiger partial charge >= 0.3 is 0 Å². The highest BCUT2D eigenvalue weighted by atomic mass is 32.1. The molecule has 0 saturated heterocycles. The van der Waals surface area contributed by atoms with Crippen molar-refractivity contribution >= 4 is 11.3 Å². The molecule has 4 nitrogen and oxygen atoms in total. The molecule has 0 radical (unpaired) electrons. The van der Waals surface area contributed by atoms with E-state index in [1.54, 1.807) is 17.5 Å². The van der Waals surface area contributed by atoms with Crippen LogP contribution in [0.4, 0.5) is 0 Å². The molecule has 0 aromatic carbocycles. The molecule has 0 unspecified atom stereocenters. The largest absolute Gasteiger partial charge is 0.319 e. The van der Waals surface area contributed by atoms with Crippen molar-refractivity contribution in [2.24, 2.45) is 0 Å². The first kappa shape index (κ1) is 11.0. The maximum absolute atomic E-state index is 11.7. The molecule has 2 N–H and O–H groups in total. The second-order valence-electron chi connectivity index (χ2n) is 3.42. The number of hydrogen-bond donors (Lipinski definition) is 2. The highest BCUT2D eigenvalue weighted by Gasteiger charge is 2.04. The van der Waals surface area contributed by atoms with Gasteiger partial charge in [-0.2, -0.15) is 0 Å². The predicted octanol–water partition coefficient (Wildman–Crippen LogP) is 1.26. The van der Waals surface area contributed by atoms with E-state index < -0.39 is 0 Å². The van der Waals surface area contributed by atoms with Crippen LogP contribution in [-0.4, -0.2) is 23.6 Å². The Bertz CT molecular complexity index is 504.